The molecule has 0 atom stereocenters. The maximum absolute atomic E-state index is 11.8. The number of anilines is 1. The number of rotatable bonds is 4. The van der Waals surface area contributed by atoms with Gasteiger partial charge in [0.15, 0.2) is 0 Å². The molecule has 0 aliphatic rings. The Bertz CT molecular complexity index is 705. The fourth-order valence-corrected chi connectivity index (χ4v) is 2.03. The zero-order valence-corrected chi connectivity index (χ0v) is 11.3. The first kappa shape index (κ1) is 13.1. The number of hydrogen-bond acceptors (Lipinski definition) is 3. The number of aromatic nitrogens is 3. The summed E-state index contributed by atoms with van der Waals surface area (Å²) < 4.78 is 0. The monoisotopic (exact) mass is 281 g/mol. The van der Waals surface area contributed by atoms with Crippen molar-refractivity contribution >= 4 is 23.0 Å². The fraction of sp³-hybridized carbons (Fsp3) is 0.133. The quantitative estimate of drug-likeness (QED) is 0.686. The fourth-order valence-electron chi connectivity index (χ4n) is 2.03. The molecule has 3 N–H and O–H groups in total. The highest BCUT2D eigenvalue weighted by molar-refractivity contribution is 5.89. The van der Waals surface area contributed by atoms with Crippen molar-refractivity contribution in [2.75, 3.05) is 11.9 Å². The Hall–Kier alpha value is -2.89. The molecule has 0 aliphatic carbocycles. The van der Waals surface area contributed by atoms with Crippen molar-refractivity contribution in [3.8, 4) is 0 Å². The third kappa shape index (κ3) is 3.36. The van der Waals surface area contributed by atoms with Crippen molar-refractivity contribution < 1.29 is 4.79 Å². The summed E-state index contributed by atoms with van der Waals surface area (Å²) in [5.74, 6) is 0.440. The number of benzene rings is 1. The number of amides is 2. The van der Waals surface area contributed by atoms with Gasteiger partial charge in [-0.05, 0) is 30.2 Å². The topological polar surface area (TPSA) is 82.7 Å². The van der Waals surface area contributed by atoms with Crippen molar-refractivity contribution in [2.45, 2.75) is 6.42 Å². The molecule has 0 saturated heterocycles. The third-order valence-electron chi connectivity index (χ3n) is 3.04. The van der Waals surface area contributed by atoms with E-state index in [2.05, 4.69) is 25.6 Å². The lowest BCUT2D eigenvalue weighted by atomic mass is 10.2. The van der Waals surface area contributed by atoms with Crippen molar-refractivity contribution in [2.24, 2.45) is 0 Å². The van der Waals surface area contributed by atoms with E-state index < -0.39 is 0 Å². The van der Waals surface area contributed by atoms with E-state index in [0.717, 1.165) is 23.0 Å². The Balaban J connectivity index is 1.52. The van der Waals surface area contributed by atoms with E-state index in [1.807, 2.05) is 36.4 Å². The van der Waals surface area contributed by atoms with Crippen LogP contribution in [0.25, 0.3) is 11.0 Å². The Morgan fingerprint density at radius 1 is 1.19 bits per heavy atom. The van der Waals surface area contributed by atoms with E-state index in [1.165, 1.54) is 0 Å². The molecule has 0 bridgehead atoms. The summed E-state index contributed by atoms with van der Waals surface area (Å²) >= 11 is 0. The van der Waals surface area contributed by atoms with Crippen LogP contribution >= 0.6 is 0 Å². The summed E-state index contributed by atoms with van der Waals surface area (Å²) in [6.45, 7) is 0.539. The first-order valence-electron chi connectivity index (χ1n) is 6.70. The zero-order chi connectivity index (χ0) is 14.5. The number of aromatic amines is 1. The number of hydrogen-bond donors (Lipinski definition) is 3. The predicted molar refractivity (Wildman–Crippen MR) is 81.1 cm³/mol. The van der Waals surface area contributed by atoms with Gasteiger partial charge in [0.2, 0.25) is 5.95 Å². The van der Waals surface area contributed by atoms with Crippen LogP contribution in [0.2, 0.25) is 0 Å². The zero-order valence-electron chi connectivity index (χ0n) is 11.3. The molecule has 0 aliphatic heterocycles. The molecule has 21 heavy (non-hydrogen) atoms. The van der Waals surface area contributed by atoms with Gasteiger partial charge < -0.3 is 10.3 Å². The highest BCUT2D eigenvalue weighted by Gasteiger charge is 2.05. The molecule has 0 unspecified atom stereocenters. The SMILES string of the molecule is O=C(NCCc1cccnc1)Nc1nc2ccccc2[nH]1. The van der Waals surface area contributed by atoms with Crippen LogP contribution in [0.15, 0.2) is 48.8 Å². The lowest BCUT2D eigenvalue weighted by molar-refractivity contribution is 0.252. The minimum atomic E-state index is -0.280. The first-order chi connectivity index (χ1) is 10.3. The van der Waals surface area contributed by atoms with Crippen molar-refractivity contribution in [1.29, 1.82) is 0 Å². The largest absolute Gasteiger partial charge is 0.337 e. The number of imidazole rings is 1. The molecule has 0 fully saturated rings. The number of nitrogens with one attached hydrogen (secondary N) is 3. The Morgan fingerprint density at radius 3 is 2.90 bits per heavy atom. The van der Waals surface area contributed by atoms with Gasteiger partial charge in [0, 0.05) is 18.9 Å². The second-order valence-corrected chi connectivity index (χ2v) is 4.59. The molecule has 0 spiro atoms. The molecule has 3 aromatic rings. The summed E-state index contributed by atoms with van der Waals surface area (Å²) in [4.78, 5) is 23.1. The van der Waals surface area contributed by atoms with Crippen LogP contribution in [-0.2, 0) is 6.42 Å². The van der Waals surface area contributed by atoms with Gasteiger partial charge in [-0.25, -0.2) is 9.78 Å². The molecule has 6 nitrogen and oxygen atoms in total. The van der Waals surface area contributed by atoms with Crippen molar-refractivity contribution in [3.05, 3.63) is 54.4 Å². The maximum atomic E-state index is 11.8. The standard InChI is InChI=1S/C15H15N5O/c21-15(17-9-7-11-4-3-8-16-10-11)20-14-18-12-5-1-2-6-13(12)19-14/h1-6,8,10H,7,9H2,(H3,17,18,19,20,21). The average Bonchev–Trinajstić information content (AvgIpc) is 2.90. The van der Waals surface area contributed by atoms with Gasteiger partial charge in [-0.3, -0.25) is 10.3 Å². The van der Waals surface area contributed by atoms with Crippen LogP contribution in [0.5, 0.6) is 0 Å². The van der Waals surface area contributed by atoms with Gasteiger partial charge in [-0.15, -0.1) is 0 Å². The van der Waals surface area contributed by atoms with Gasteiger partial charge in [-0.1, -0.05) is 18.2 Å². The molecule has 6 heteroatoms. The summed E-state index contributed by atoms with van der Waals surface area (Å²) in [7, 11) is 0. The molecule has 106 valence electrons. The van der Waals surface area contributed by atoms with E-state index in [4.69, 9.17) is 0 Å². The van der Waals surface area contributed by atoms with Crippen LogP contribution < -0.4 is 10.6 Å². The average molecular weight is 281 g/mol. The Morgan fingerprint density at radius 2 is 2.10 bits per heavy atom. The smallest absolute Gasteiger partial charge is 0.321 e. The molecular weight excluding hydrogens is 266 g/mol. The first-order valence-corrected chi connectivity index (χ1v) is 6.70. The summed E-state index contributed by atoms with van der Waals surface area (Å²) in [5.41, 5.74) is 2.80. The van der Waals surface area contributed by atoms with E-state index in [9.17, 15) is 4.79 Å². The van der Waals surface area contributed by atoms with Crippen LogP contribution in [0, 0.1) is 0 Å². The van der Waals surface area contributed by atoms with Crippen LogP contribution in [0.4, 0.5) is 10.7 Å². The number of pyridine rings is 1. The van der Waals surface area contributed by atoms with Crippen molar-refractivity contribution in [1.82, 2.24) is 20.3 Å². The number of carbonyl (C=O) groups is 1. The Labute approximate surface area is 121 Å². The maximum Gasteiger partial charge on any atom is 0.321 e. The Kier molecular flexibility index (Phi) is 3.77. The number of urea groups is 1. The minimum Gasteiger partial charge on any atom is -0.337 e. The summed E-state index contributed by atoms with van der Waals surface area (Å²) in [6, 6.07) is 11.2. The lowest BCUT2D eigenvalue weighted by Gasteiger charge is -2.05. The number of para-hydroxylation sites is 2. The van der Waals surface area contributed by atoms with Crippen molar-refractivity contribution in [3.63, 3.8) is 0 Å². The van der Waals surface area contributed by atoms with E-state index >= 15 is 0 Å². The third-order valence-corrected chi connectivity index (χ3v) is 3.04. The molecule has 2 aromatic heterocycles. The molecule has 0 saturated carbocycles. The second kappa shape index (κ2) is 6.04. The molecule has 2 heterocycles. The predicted octanol–water partition coefficient (Wildman–Crippen LogP) is 2.32. The lowest BCUT2D eigenvalue weighted by Crippen LogP contribution is -2.30. The number of fused-ring (bicyclic) bond motifs is 1. The summed E-state index contributed by atoms with van der Waals surface area (Å²) in [5, 5.41) is 5.47. The molecule has 2 amide bonds. The van der Waals surface area contributed by atoms with Crippen LogP contribution in [-0.4, -0.2) is 27.5 Å². The van der Waals surface area contributed by atoms with E-state index in [0.29, 0.717) is 12.5 Å². The molecule has 1 aromatic carbocycles. The van der Waals surface area contributed by atoms with E-state index in [-0.39, 0.29) is 6.03 Å². The van der Waals surface area contributed by atoms with Gasteiger partial charge >= 0.3 is 6.03 Å². The molecule has 0 radical (unpaired) electrons. The molecule has 3 rings (SSSR count). The highest BCUT2D eigenvalue weighted by Crippen LogP contribution is 2.12. The summed E-state index contributed by atoms with van der Waals surface area (Å²) in [6.07, 6.45) is 4.26. The van der Waals surface area contributed by atoms with Gasteiger partial charge in [0.1, 0.15) is 0 Å². The van der Waals surface area contributed by atoms with Crippen LogP contribution in [0.1, 0.15) is 5.56 Å². The number of H-pyrrole nitrogens is 1. The van der Waals surface area contributed by atoms with Gasteiger partial charge in [-0.2, -0.15) is 0 Å². The van der Waals surface area contributed by atoms with Gasteiger partial charge in [0.25, 0.3) is 0 Å². The second-order valence-electron chi connectivity index (χ2n) is 4.59. The number of nitrogens with zero attached hydrogens (tertiary/aromatic N) is 2. The highest BCUT2D eigenvalue weighted by atomic mass is 16.2. The van der Waals surface area contributed by atoms with E-state index in [1.54, 1.807) is 12.4 Å². The van der Waals surface area contributed by atoms with Gasteiger partial charge in [0.05, 0.1) is 11.0 Å². The van der Waals surface area contributed by atoms with Crippen LogP contribution in [0.3, 0.4) is 0 Å². The minimum absolute atomic E-state index is 0.280. The molecular formula is C15H15N5O. The normalized spacial score (nSPS) is 10.5. The number of carbonyl (C=O) groups excluding carboxylic acids is 1.